The molecule has 3 aromatic rings. The van der Waals surface area contributed by atoms with Gasteiger partial charge >= 0.3 is 0 Å². The fraction of sp³-hybridized carbons (Fsp3) is 0.143. The van der Waals surface area contributed by atoms with Crippen LogP contribution < -0.4 is 5.32 Å². The fourth-order valence-corrected chi connectivity index (χ4v) is 4.23. The van der Waals surface area contributed by atoms with E-state index in [-0.39, 0.29) is 29.5 Å². The van der Waals surface area contributed by atoms with Gasteiger partial charge in [-0.25, -0.2) is 8.42 Å². The van der Waals surface area contributed by atoms with Gasteiger partial charge in [-0.2, -0.15) is 9.57 Å². The van der Waals surface area contributed by atoms with Crippen molar-refractivity contribution in [1.29, 1.82) is 5.26 Å². The predicted molar refractivity (Wildman–Crippen MR) is 106 cm³/mol. The summed E-state index contributed by atoms with van der Waals surface area (Å²) in [5.41, 5.74) is 1.46. The third-order valence-corrected chi connectivity index (χ3v) is 6.10. The third-order valence-electron chi connectivity index (χ3n) is 4.32. The maximum Gasteiger partial charge on any atom is 0.251 e. The summed E-state index contributed by atoms with van der Waals surface area (Å²) in [6.07, 6.45) is 1.48. The van der Waals surface area contributed by atoms with Gasteiger partial charge in [0.25, 0.3) is 5.91 Å². The van der Waals surface area contributed by atoms with Crippen molar-refractivity contribution in [3.8, 4) is 6.07 Å². The normalized spacial score (nSPS) is 11.2. The number of nitrogens with one attached hydrogen (secondary N) is 1. The molecule has 0 saturated carbocycles. The predicted octanol–water partition coefficient (Wildman–Crippen LogP) is 2.90. The van der Waals surface area contributed by atoms with E-state index in [0.717, 1.165) is 0 Å². The molecule has 0 atom stereocenters. The molecule has 0 unspecified atom stereocenters. The summed E-state index contributed by atoms with van der Waals surface area (Å²) in [7, 11) is -2.35. The van der Waals surface area contributed by atoms with Crippen LogP contribution in [0.15, 0.2) is 76.2 Å². The molecule has 1 amide bonds. The van der Waals surface area contributed by atoms with Gasteiger partial charge in [-0.3, -0.25) is 4.79 Å². The number of nitrogens with zero attached hydrogens (tertiary/aromatic N) is 2. The molecule has 0 fully saturated rings. The molecule has 2 aromatic carbocycles. The van der Waals surface area contributed by atoms with Crippen LogP contribution in [0.1, 0.15) is 27.2 Å². The Labute approximate surface area is 169 Å². The summed E-state index contributed by atoms with van der Waals surface area (Å²) in [5, 5.41) is 11.6. The number of amides is 1. The molecule has 0 aliphatic heterocycles. The van der Waals surface area contributed by atoms with E-state index in [1.807, 2.05) is 6.07 Å². The van der Waals surface area contributed by atoms with Gasteiger partial charge in [0.2, 0.25) is 10.0 Å². The van der Waals surface area contributed by atoms with Crippen molar-refractivity contribution < 1.29 is 17.6 Å². The van der Waals surface area contributed by atoms with Gasteiger partial charge < -0.3 is 9.73 Å². The first-order valence-corrected chi connectivity index (χ1v) is 10.2. The Bertz CT molecular complexity index is 1130. The van der Waals surface area contributed by atoms with E-state index in [1.54, 1.807) is 49.5 Å². The molecule has 1 aromatic heterocycles. The minimum Gasteiger partial charge on any atom is -0.468 e. The second-order valence-corrected chi connectivity index (χ2v) is 8.21. The first kappa shape index (κ1) is 20.3. The van der Waals surface area contributed by atoms with Crippen LogP contribution in [0, 0.1) is 11.3 Å². The Kier molecular flexibility index (Phi) is 6.12. The number of furan rings is 1. The zero-order valence-corrected chi connectivity index (χ0v) is 16.5. The van der Waals surface area contributed by atoms with E-state index >= 15 is 0 Å². The Hall–Kier alpha value is -3.41. The van der Waals surface area contributed by atoms with Crippen molar-refractivity contribution in [3.05, 3.63) is 89.4 Å². The smallest absolute Gasteiger partial charge is 0.251 e. The van der Waals surface area contributed by atoms with Crippen molar-refractivity contribution in [2.45, 2.75) is 18.0 Å². The van der Waals surface area contributed by atoms with Crippen LogP contribution in [0.3, 0.4) is 0 Å². The zero-order valence-electron chi connectivity index (χ0n) is 15.7. The van der Waals surface area contributed by atoms with Crippen molar-refractivity contribution in [3.63, 3.8) is 0 Å². The monoisotopic (exact) mass is 409 g/mol. The number of nitriles is 1. The number of carbonyl (C=O) groups is 1. The first-order chi connectivity index (χ1) is 13.9. The topological polar surface area (TPSA) is 103 Å². The molecular formula is C21H19N3O4S. The zero-order chi connectivity index (χ0) is 20.9. The summed E-state index contributed by atoms with van der Waals surface area (Å²) in [6.45, 7) is 0.108. The molecule has 148 valence electrons. The van der Waals surface area contributed by atoms with Crippen LogP contribution in [-0.2, 0) is 23.1 Å². The molecule has 0 bridgehead atoms. The van der Waals surface area contributed by atoms with Crippen LogP contribution in [0.4, 0.5) is 0 Å². The molecule has 7 nitrogen and oxygen atoms in total. The highest BCUT2D eigenvalue weighted by atomic mass is 32.2. The lowest BCUT2D eigenvalue weighted by molar-refractivity contribution is 0.0963. The minimum atomic E-state index is -3.90. The van der Waals surface area contributed by atoms with Crippen LogP contribution >= 0.6 is 0 Å². The molecule has 0 radical (unpaired) electrons. The minimum absolute atomic E-state index is 0.0311. The SMILES string of the molecule is CNC(=O)c1ccc(CN(Cc2ccco2)S(=O)(=O)c2cccc(C#N)c2)cc1. The molecule has 0 saturated heterocycles. The molecule has 29 heavy (non-hydrogen) atoms. The summed E-state index contributed by atoms with van der Waals surface area (Å²) < 4.78 is 33.1. The number of hydrogen-bond donors (Lipinski definition) is 1. The second-order valence-electron chi connectivity index (χ2n) is 6.27. The lowest BCUT2D eigenvalue weighted by Crippen LogP contribution is -2.30. The average molecular weight is 409 g/mol. The molecule has 3 rings (SSSR count). The lowest BCUT2D eigenvalue weighted by atomic mass is 10.1. The Morgan fingerprint density at radius 3 is 2.48 bits per heavy atom. The Balaban J connectivity index is 1.94. The largest absolute Gasteiger partial charge is 0.468 e. The Morgan fingerprint density at radius 1 is 1.10 bits per heavy atom. The van der Waals surface area contributed by atoms with Crippen molar-refractivity contribution in [2.75, 3.05) is 7.05 Å². The Morgan fingerprint density at radius 2 is 1.86 bits per heavy atom. The van der Waals surface area contributed by atoms with Gasteiger partial charge in [0, 0.05) is 19.2 Å². The highest BCUT2D eigenvalue weighted by Crippen LogP contribution is 2.22. The molecule has 0 aliphatic carbocycles. The molecule has 0 aliphatic rings. The maximum atomic E-state index is 13.3. The van der Waals surface area contributed by atoms with Gasteiger partial charge in [-0.15, -0.1) is 0 Å². The van der Waals surface area contributed by atoms with Crippen LogP contribution in [-0.4, -0.2) is 25.7 Å². The van der Waals surface area contributed by atoms with E-state index < -0.39 is 10.0 Å². The molecule has 0 spiro atoms. The quantitative estimate of drug-likeness (QED) is 0.646. The van der Waals surface area contributed by atoms with Crippen LogP contribution in [0.2, 0.25) is 0 Å². The summed E-state index contributed by atoms with van der Waals surface area (Å²) in [6, 6.07) is 17.9. The van der Waals surface area contributed by atoms with Gasteiger partial charge in [0.1, 0.15) is 5.76 Å². The molecule has 8 heteroatoms. The number of carbonyl (C=O) groups excluding carboxylic acids is 1. The third kappa shape index (κ3) is 4.71. The lowest BCUT2D eigenvalue weighted by Gasteiger charge is -2.21. The highest BCUT2D eigenvalue weighted by molar-refractivity contribution is 7.89. The van der Waals surface area contributed by atoms with Gasteiger partial charge in [-0.1, -0.05) is 18.2 Å². The standard InChI is InChI=1S/C21H19N3O4S/c1-23-21(25)18-9-7-16(8-10-18)14-24(15-19-5-3-11-28-19)29(26,27)20-6-2-4-17(12-20)13-22/h2-12H,14-15H2,1H3,(H,23,25). The van der Waals surface area contributed by atoms with E-state index in [0.29, 0.717) is 16.9 Å². The van der Waals surface area contributed by atoms with Gasteiger partial charge in [0.15, 0.2) is 0 Å². The molecule has 1 heterocycles. The van der Waals surface area contributed by atoms with E-state index in [9.17, 15) is 13.2 Å². The summed E-state index contributed by atoms with van der Waals surface area (Å²) in [4.78, 5) is 11.7. The number of benzene rings is 2. The molecule has 1 N–H and O–H groups in total. The van der Waals surface area contributed by atoms with Gasteiger partial charge in [0.05, 0.1) is 29.3 Å². The first-order valence-electron chi connectivity index (χ1n) is 8.78. The van der Waals surface area contributed by atoms with Crippen LogP contribution in [0.5, 0.6) is 0 Å². The summed E-state index contributed by atoms with van der Waals surface area (Å²) >= 11 is 0. The second kappa shape index (κ2) is 8.73. The molecular weight excluding hydrogens is 390 g/mol. The van der Waals surface area contributed by atoms with E-state index in [4.69, 9.17) is 9.68 Å². The van der Waals surface area contributed by atoms with Crippen molar-refractivity contribution in [2.24, 2.45) is 0 Å². The number of sulfonamides is 1. The average Bonchev–Trinajstić information content (AvgIpc) is 3.26. The summed E-state index contributed by atoms with van der Waals surface area (Å²) in [5.74, 6) is 0.275. The van der Waals surface area contributed by atoms with E-state index in [1.165, 1.54) is 28.8 Å². The number of rotatable bonds is 7. The number of hydrogen-bond acceptors (Lipinski definition) is 5. The van der Waals surface area contributed by atoms with E-state index in [2.05, 4.69) is 5.32 Å². The maximum absolute atomic E-state index is 13.3. The van der Waals surface area contributed by atoms with Gasteiger partial charge in [-0.05, 0) is 48.0 Å². The fourth-order valence-electron chi connectivity index (χ4n) is 2.79. The van der Waals surface area contributed by atoms with Crippen molar-refractivity contribution in [1.82, 2.24) is 9.62 Å². The van der Waals surface area contributed by atoms with Crippen LogP contribution in [0.25, 0.3) is 0 Å². The van der Waals surface area contributed by atoms with Crippen molar-refractivity contribution >= 4 is 15.9 Å². The highest BCUT2D eigenvalue weighted by Gasteiger charge is 2.26.